The van der Waals surface area contributed by atoms with Gasteiger partial charge in [0.1, 0.15) is 21.8 Å². The Morgan fingerprint density at radius 1 is 1.24 bits per heavy atom. The number of esters is 1. The first-order valence-electron chi connectivity index (χ1n) is 10.5. The number of nitrogens with zero attached hydrogens (tertiary/aromatic N) is 4. The molecule has 9 nitrogen and oxygen atoms in total. The molecule has 0 saturated carbocycles. The zero-order valence-corrected chi connectivity index (χ0v) is 20.7. The molecule has 1 N–H and O–H groups in total. The number of anilines is 1. The maximum Gasteiger partial charge on any atom is 0.350 e. The van der Waals surface area contributed by atoms with Gasteiger partial charge < -0.3 is 14.8 Å². The van der Waals surface area contributed by atoms with E-state index in [1.807, 2.05) is 44.2 Å². The summed E-state index contributed by atoms with van der Waals surface area (Å²) in [4.78, 5) is 31.1. The van der Waals surface area contributed by atoms with E-state index in [4.69, 9.17) is 9.47 Å². The average molecular weight is 498 g/mol. The number of nitrogens with one attached hydrogen (secondary N) is 1. The van der Waals surface area contributed by atoms with Gasteiger partial charge in [0.25, 0.3) is 0 Å². The molecule has 0 fully saturated rings. The van der Waals surface area contributed by atoms with E-state index >= 15 is 0 Å². The van der Waals surface area contributed by atoms with Gasteiger partial charge in [-0.15, -0.1) is 21.5 Å². The minimum atomic E-state index is -0.485. The van der Waals surface area contributed by atoms with Crippen molar-refractivity contribution in [2.24, 2.45) is 0 Å². The Kier molecular flexibility index (Phi) is 7.13. The lowest BCUT2D eigenvalue weighted by molar-refractivity contribution is -0.113. The highest BCUT2D eigenvalue weighted by Gasteiger charge is 2.24. The highest BCUT2D eigenvalue weighted by atomic mass is 32.2. The first kappa shape index (κ1) is 23.7. The van der Waals surface area contributed by atoms with Gasteiger partial charge in [-0.1, -0.05) is 23.9 Å². The molecule has 3 aromatic heterocycles. The Balaban J connectivity index is 1.58. The lowest BCUT2D eigenvalue weighted by atomic mass is 10.1. The zero-order chi connectivity index (χ0) is 24.2. The topological polar surface area (TPSA) is 108 Å². The smallest absolute Gasteiger partial charge is 0.350 e. The second-order valence-corrected chi connectivity index (χ2v) is 9.22. The third-order valence-corrected chi connectivity index (χ3v) is 6.91. The highest BCUT2D eigenvalue weighted by molar-refractivity contribution is 7.99. The molecule has 0 atom stereocenters. The summed E-state index contributed by atoms with van der Waals surface area (Å²) in [5, 5.41) is 12.3. The van der Waals surface area contributed by atoms with Crippen molar-refractivity contribution in [2.75, 3.05) is 24.8 Å². The van der Waals surface area contributed by atoms with Crippen molar-refractivity contribution in [3.8, 4) is 11.4 Å². The summed E-state index contributed by atoms with van der Waals surface area (Å²) in [6.45, 7) is 5.80. The number of carbonyl (C=O) groups is 2. The van der Waals surface area contributed by atoms with Crippen molar-refractivity contribution >= 4 is 50.9 Å². The van der Waals surface area contributed by atoms with E-state index in [1.54, 1.807) is 24.9 Å². The van der Waals surface area contributed by atoms with Crippen LogP contribution in [0.25, 0.3) is 15.9 Å². The Hall–Kier alpha value is -3.44. The Morgan fingerprint density at radius 2 is 2.03 bits per heavy atom. The third-order valence-electron chi connectivity index (χ3n) is 4.91. The van der Waals surface area contributed by atoms with Crippen molar-refractivity contribution < 1.29 is 19.1 Å². The van der Waals surface area contributed by atoms with Gasteiger partial charge in [-0.3, -0.25) is 9.36 Å². The number of ether oxygens (including phenoxy) is 2. The third kappa shape index (κ3) is 4.75. The maximum atomic E-state index is 12.9. The fourth-order valence-electron chi connectivity index (χ4n) is 3.52. The number of para-hydroxylation sites is 2. The first-order chi connectivity index (χ1) is 16.4. The number of methoxy groups -OCH3 is 1. The van der Waals surface area contributed by atoms with Crippen LogP contribution < -0.4 is 10.1 Å². The van der Waals surface area contributed by atoms with Crippen molar-refractivity contribution in [2.45, 2.75) is 25.9 Å². The van der Waals surface area contributed by atoms with Gasteiger partial charge in [0.2, 0.25) is 5.91 Å². The molecular formula is C23H23N5O4S2. The molecule has 1 amide bonds. The number of fused-ring (bicyclic) bond motifs is 1. The number of amides is 1. The SMILES string of the molecule is CCOC(=O)c1sc2nc(C)cc(C)c2c1NC(=O)CSc1nncn1-c1ccccc1OC. The fraction of sp³-hybridized carbons (Fsp3) is 0.261. The van der Waals surface area contributed by atoms with Gasteiger partial charge in [-0.2, -0.15) is 0 Å². The van der Waals surface area contributed by atoms with Gasteiger partial charge in [0.15, 0.2) is 5.16 Å². The van der Waals surface area contributed by atoms with Crippen LogP contribution >= 0.6 is 23.1 Å². The molecule has 176 valence electrons. The summed E-state index contributed by atoms with van der Waals surface area (Å²) in [6, 6.07) is 9.40. The predicted molar refractivity (Wildman–Crippen MR) is 132 cm³/mol. The van der Waals surface area contributed by atoms with Gasteiger partial charge in [0.05, 0.1) is 30.8 Å². The van der Waals surface area contributed by atoms with Crippen LogP contribution in [0.4, 0.5) is 5.69 Å². The zero-order valence-electron chi connectivity index (χ0n) is 19.1. The molecule has 0 bridgehead atoms. The van der Waals surface area contributed by atoms with E-state index in [0.29, 0.717) is 26.3 Å². The number of aromatic nitrogens is 4. The summed E-state index contributed by atoms with van der Waals surface area (Å²) in [7, 11) is 1.59. The Bertz CT molecular complexity index is 1360. The predicted octanol–water partition coefficient (Wildman–Crippen LogP) is 4.41. The van der Waals surface area contributed by atoms with Crippen molar-refractivity contribution in [3.63, 3.8) is 0 Å². The number of carbonyl (C=O) groups excluding carboxylic acids is 2. The summed E-state index contributed by atoms with van der Waals surface area (Å²) >= 11 is 2.44. The van der Waals surface area contributed by atoms with Crippen LogP contribution in [0.15, 0.2) is 41.8 Å². The molecule has 34 heavy (non-hydrogen) atoms. The largest absolute Gasteiger partial charge is 0.495 e. The molecule has 3 heterocycles. The number of thioether (sulfide) groups is 1. The summed E-state index contributed by atoms with van der Waals surface area (Å²) in [5.41, 5.74) is 2.96. The molecule has 11 heteroatoms. The second-order valence-electron chi connectivity index (χ2n) is 7.28. The minimum Gasteiger partial charge on any atom is -0.495 e. The molecule has 4 rings (SSSR count). The molecule has 1 aromatic carbocycles. The monoisotopic (exact) mass is 497 g/mol. The van der Waals surface area contributed by atoms with E-state index in [2.05, 4.69) is 20.5 Å². The molecule has 0 unspecified atom stereocenters. The average Bonchev–Trinajstić information content (AvgIpc) is 3.42. The van der Waals surface area contributed by atoms with Crippen molar-refractivity contribution in [1.29, 1.82) is 0 Å². The molecule has 0 spiro atoms. The van der Waals surface area contributed by atoms with E-state index in [-0.39, 0.29) is 18.3 Å². The minimum absolute atomic E-state index is 0.0613. The lowest BCUT2D eigenvalue weighted by Gasteiger charge is -2.11. The van der Waals surface area contributed by atoms with Crippen LogP contribution in [0.5, 0.6) is 5.75 Å². The first-order valence-corrected chi connectivity index (χ1v) is 12.3. The van der Waals surface area contributed by atoms with E-state index in [1.165, 1.54) is 23.1 Å². The molecule has 0 aliphatic rings. The normalized spacial score (nSPS) is 10.9. The Morgan fingerprint density at radius 3 is 2.79 bits per heavy atom. The van der Waals surface area contributed by atoms with Gasteiger partial charge >= 0.3 is 5.97 Å². The van der Waals surface area contributed by atoms with E-state index < -0.39 is 5.97 Å². The van der Waals surface area contributed by atoms with Gasteiger partial charge in [-0.05, 0) is 44.5 Å². The molecular weight excluding hydrogens is 474 g/mol. The highest BCUT2D eigenvalue weighted by Crippen LogP contribution is 2.38. The molecule has 0 saturated heterocycles. The van der Waals surface area contributed by atoms with Crippen molar-refractivity contribution in [1.82, 2.24) is 19.7 Å². The Labute approximate surface area is 204 Å². The molecule has 4 aromatic rings. The summed E-state index contributed by atoms with van der Waals surface area (Å²) in [5.74, 6) is -0.0480. The van der Waals surface area contributed by atoms with Crippen LogP contribution in [0.2, 0.25) is 0 Å². The lowest BCUT2D eigenvalue weighted by Crippen LogP contribution is -2.17. The number of benzene rings is 1. The van der Waals surface area contributed by atoms with E-state index in [9.17, 15) is 9.59 Å². The number of thiophene rings is 1. The van der Waals surface area contributed by atoms with E-state index in [0.717, 1.165) is 22.3 Å². The number of hydrogen-bond donors (Lipinski definition) is 1. The van der Waals surface area contributed by atoms with Crippen LogP contribution in [-0.2, 0) is 9.53 Å². The number of hydrogen-bond acceptors (Lipinski definition) is 9. The number of aryl methyl sites for hydroxylation is 2. The quantitative estimate of drug-likeness (QED) is 0.282. The van der Waals surface area contributed by atoms with Crippen LogP contribution in [0.1, 0.15) is 27.9 Å². The number of pyridine rings is 1. The van der Waals surface area contributed by atoms with Crippen molar-refractivity contribution in [3.05, 3.63) is 52.8 Å². The maximum absolute atomic E-state index is 12.9. The fourth-order valence-corrected chi connectivity index (χ4v) is 5.39. The standard InChI is InChI=1S/C23H23N5O4S2/c1-5-32-22(30)20-19(18-13(2)10-14(3)25-21(18)34-20)26-17(29)11-33-23-27-24-12-28(23)15-8-6-7-9-16(15)31-4/h6-10,12H,5,11H2,1-4H3,(H,26,29). The number of rotatable bonds is 8. The molecule has 0 aliphatic heterocycles. The van der Waals surface area contributed by atoms with Crippen LogP contribution in [0.3, 0.4) is 0 Å². The molecule has 0 aliphatic carbocycles. The van der Waals surface area contributed by atoms with Crippen LogP contribution in [-0.4, -0.2) is 51.1 Å². The van der Waals surface area contributed by atoms with Gasteiger partial charge in [0, 0.05) is 11.1 Å². The molecule has 0 radical (unpaired) electrons. The summed E-state index contributed by atoms with van der Waals surface area (Å²) in [6.07, 6.45) is 1.57. The van der Waals surface area contributed by atoms with Gasteiger partial charge in [-0.25, -0.2) is 9.78 Å². The second kappa shape index (κ2) is 10.2. The van der Waals surface area contributed by atoms with Crippen LogP contribution in [0, 0.1) is 13.8 Å². The summed E-state index contributed by atoms with van der Waals surface area (Å²) < 4.78 is 12.4.